The fraction of sp³-hybridized carbons (Fsp3) is 0.0909. The predicted octanol–water partition coefficient (Wildman–Crippen LogP) is 3.92. The van der Waals surface area contributed by atoms with Crippen LogP contribution in [0.3, 0.4) is 0 Å². The van der Waals surface area contributed by atoms with Crippen molar-refractivity contribution >= 4 is 19.2 Å². The summed E-state index contributed by atoms with van der Waals surface area (Å²) >= 11 is 0. The van der Waals surface area contributed by atoms with Gasteiger partial charge in [-0.05, 0) is 0 Å². The van der Waals surface area contributed by atoms with Gasteiger partial charge < -0.3 is 0 Å². The Kier molecular flexibility index (Phi) is 6.86. The molecule has 4 radical (unpaired) electrons. The Morgan fingerprint density at radius 3 is 2.46 bits per heavy atom. The van der Waals surface area contributed by atoms with Crippen LogP contribution >= 0.6 is 0 Å². The Morgan fingerprint density at radius 2 is 1.65 bits per heavy atom. The molecule has 0 aliphatic rings. The van der Waals surface area contributed by atoms with Gasteiger partial charge in [-0.1, -0.05) is 36.1 Å². The maximum absolute atomic E-state index is 4.26. The summed E-state index contributed by atoms with van der Waals surface area (Å²) in [6, 6.07) is 23.8. The minimum absolute atomic E-state index is 0. The van der Waals surface area contributed by atoms with Gasteiger partial charge in [0.05, 0.1) is 12.4 Å². The first kappa shape index (κ1) is 20.5. The number of aryl methyl sites for hydroxylation is 2. The number of hydrogen-bond donors (Lipinski definition) is 0. The van der Waals surface area contributed by atoms with Crippen molar-refractivity contribution in [3.05, 3.63) is 84.8 Å². The molecule has 1 aromatic heterocycles. The van der Waals surface area contributed by atoms with Crippen LogP contribution in [0.25, 0.3) is 33.2 Å². The Hall–Kier alpha value is -1.83. The van der Waals surface area contributed by atoms with E-state index in [0.29, 0.717) is 0 Å². The van der Waals surface area contributed by atoms with E-state index in [1.165, 1.54) is 10.9 Å². The van der Waals surface area contributed by atoms with Crippen molar-refractivity contribution in [2.75, 3.05) is 0 Å². The van der Waals surface area contributed by atoms with Crippen molar-refractivity contribution < 1.29 is 37.3 Å². The van der Waals surface area contributed by atoms with E-state index >= 15 is 0 Å². The number of rotatable bonds is 2. The normalized spacial score (nSPS) is 10.1. The second kappa shape index (κ2) is 8.70. The van der Waals surface area contributed by atoms with E-state index in [1.54, 1.807) is 6.20 Å². The number of benzene rings is 3. The molecule has 4 rings (SSSR count). The summed E-state index contributed by atoms with van der Waals surface area (Å²) in [4.78, 5) is 4.26. The summed E-state index contributed by atoms with van der Waals surface area (Å²) in [5.74, 6) is 0. The molecule has 0 N–H and O–H groups in total. The maximum atomic E-state index is 4.26. The molecule has 26 heavy (non-hydrogen) atoms. The van der Waals surface area contributed by atoms with Crippen LogP contribution in [0.15, 0.2) is 67.1 Å². The summed E-state index contributed by atoms with van der Waals surface area (Å²) in [7, 11) is 2.03. The van der Waals surface area contributed by atoms with Crippen molar-refractivity contribution in [2.45, 2.75) is 6.92 Å². The molecule has 0 aliphatic carbocycles. The minimum Gasteiger partial charge on any atom is -0.260 e. The van der Waals surface area contributed by atoms with Crippen molar-refractivity contribution in [1.82, 2.24) is 4.98 Å². The molecule has 0 unspecified atom stereocenters. The quantitative estimate of drug-likeness (QED) is 0.279. The van der Waals surface area contributed by atoms with Crippen LogP contribution in [0.2, 0.25) is 0 Å². The molecule has 0 fully saturated rings. The molecule has 122 valence electrons. The van der Waals surface area contributed by atoms with Gasteiger partial charge in [-0.15, -0.1) is 29.1 Å². The molecule has 4 heteroatoms. The number of aromatic nitrogens is 2. The Labute approximate surface area is 181 Å². The van der Waals surface area contributed by atoms with Gasteiger partial charge in [0, 0.05) is 41.1 Å². The summed E-state index contributed by atoms with van der Waals surface area (Å²) in [5, 5.41) is 2.32. The topological polar surface area (TPSA) is 16.8 Å². The standard InChI is InChI=1S/C22H17N2.B.Y/c1-16-7-8-20(14-21(16)22-15-23-11-12-24(22)2)19-10-9-17-5-3-4-6-18(17)13-19;;/h3-12,15H,1-2H3;;/q-1;;. The molecule has 4 aromatic rings. The summed E-state index contributed by atoms with van der Waals surface area (Å²) in [6.07, 6.45) is 5.63. The van der Waals surface area contributed by atoms with Gasteiger partial charge in [-0.25, -0.2) is 4.57 Å². The van der Waals surface area contributed by atoms with Gasteiger partial charge in [-0.3, -0.25) is 4.98 Å². The predicted molar refractivity (Wildman–Crippen MR) is 102 cm³/mol. The van der Waals surface area contributed by atoms with Crippen LogP contribution in [0, 0.1) is 19.1 Å². The second-order valence-corrected chi connectivity index (χ2v) is 5.96. The molecule has 3 aromatic carbocycles. The summed E-state index contributed by atoms with van der Waals surface area (Å²) in [6.45, 7) is 2.10. The van der Waals surface area contributed by atoms with E-state index < -0.39 is 0 Å². The van der Waals surface area contributed by atoms with Crippen LogP contribution in [0.4, 0.5) is 0 Å². The third-order valence-corrected chi connectivity index (χ3v) is 4.31. The van der Waals surface area contributed by atoms with Crippen LogP contribution in [0.1, 0.15) is 5.56 Å². The van der Waals surface area contributed by atoms with E-state index in [1.807, 2.05) is 31.6 Å². The molecular formula is C22H17BN2Y-. The smallest absolute Gasteiger partial charge is 0.180 e. The van der Waals surface area contributed by atoms with Crippen molar-refractivity contribution in [3.63, 3.8) is 0 Å². The van der Waals surface area contributed by atoms with Gasteiger partial charge in [-0.2, -0.15) is 35.4 Å². The van der Waals surface area contributed by atoms with E-state index in [0.717, 1.165) is 27.8 Å². The van der Waals surface area contributed by atoms with E-state index in [9.17, 15) is 0 Å². The molecule has 0 bridgehead atoms. The zero-order valence-corrected chi connectivity index (χ0v) is 17.7. The molecule has 0 saturated heterocycles. The first-order chi connectivity index (χ1) is 11.7. The van der Waals surface area contributed by atoms with Crippen LogP contribution in [-0.4, -0.2) is 13.4 Å². The Balaban J connectivity index is 0.00000121. The average molecular weight is 409 g/mol. The SMILES string of the molecule is Cc1ccc(-c2[c-]c3ccccc3cc2)[c-]c1-c1cncc[n+]1C.[B].[Y]. The first-order valence-corrected chi connectivity index (χ1v) is 7.97. The van der Waals surface area contributed by atoms with Crippen molar-refractivity contribution in [1.29, 1.82) is 0 Å². The number of hydrogen-bond acceptors (Lipinski definition) is 1. The van der Waals surface area contributed by atoms with Gasteiger partial charge in [0.1, 0.15) is 7.05 Å². The Bertz CT molecular complexity index is 1050. The molecule has 1 heterocycles. The first-order valence-electron chi connectivity index (χ1n) is 7.97. The van der Waals surface area contributed by atoms with Crippen LogP contribution < -0.4 is 4.57 Å². The third kappa shape index (κ3) is 3.95. The zero-order valence-electron chi connectivity index (χ0n) is 14.9. The zero-order chi connectivity index (χ0) is 16.5. The monoisotopic (exact) mass is 409 g/mol. The fourth-order valence-electron chi connectivity index (χ4n) is 2.93. The maximum Gasteiger partial charge on any atom is 0.180 e. The van der Waals surface area contributed by atoms with Gasteiger partial charge >= 0.3 is 0 Å². The average Bonchev–Trinajstić information content (AvgIpc) is 2.62. The molecule has 0 amide bonds. The molecular weight excluding hydrogens is 392 g/mol. The largest absolute Gasteiger partial charge is 0.260 e. The van der Waals surface area contributed by atoms with Crippen molar-refractivity contribution in [3.8, 4) is 22.4 Å². The van der Waals surface area contributed by atoms with Gasteiger partial charge in [0.15, 0.2) is 11.9 Å². The van der Waals surface area contributed by atoms with Crippen molar-refractivity contribution in [2.24, 2.45) is 7.05 Å². The third-order valence-electron chi connectivity index (χ3n) is 4.31. The molecule has 0 atom stereocenters. The minimum atomic E-state index is 0. The van der Waals surface area contributed by atoms with Gasteiger partial charge in [0.25, 0.3) is 0 Å². The van der Waals surface area contributed by atoms with Gasteiger partial charge in [0.2, 0.25) is 0 Å². The fourth-order valence-corrected chi connectivity index (χ4v) is 2.93. The van der Waals surface area contributed by atoms with E-state index in [2.05, 4.69) is 65.0 Å². The number of nitrogens with zero attached hydrogens (tertiary/aromatic N) is 2. The summed E-state index contributed by atoms with van der Waals surface area (Å²) in [5.41, 5.74) is 5.41. The Morgan fingerprint density at radius 1 is 0.923 bits per heavy atom. The molecule has 2 nitrogen and oxygen atoms in total. The van der Waals surface area contributed by atoms with Crippen LogP contribution in [0.5, 0.6) is 0 Å². The molecule has 0 spiro atoms. The van der Waals surface area contributed by atoms with Crippen LogP contribution in [-0.2, 0) is 39.8 Å². The molecule has 0 aliphatic heterocycles. The second-order valence-electron chi connectivity index (χ2n) is 5.96. The number of fused-ring (bicyclic) bond motifs is 1. The summed E-state index contributed by atoms with van der Waals surface area (Å²) < 4.78 is 2.07. The van der Waals surface area contributed by atoms with E-state index in [-0.39, 0.29) is 41.1 Å². The molecule has 0 saturated carbocycles. The van der Waals surface area contributed by atoms with E-state index in [4.69, 9.17) is 0 Å².